The molecule has 1 aliphatic carbocycles. The molecule has 4 heteroatoms. The number of nitrogens with one attached hydrogen (secondary N) is 1. The molecule has 13 rings (SSSR count). The van der Waals surface area contributed by atoms with Gasteiger partial charge in [-0.05, 0) is 123 Å². The number of rotatable bonds is 9. The first-order valence-corrected chi connectivity index (χ1v) is 22.7. The summed E-state index contributed by atoms with van der Waals surface area (Å²) in [4.78, 5) is 14.6. The van der Waals surface area contributed by atoms with Crippen LogP contribution in [0.2, 0.25) is 0 Å². The quantitative estimate of drug-likeness (QED) is 0.157. The number of nitrogens with zero attached hydrogens (tertiary/aromatic N) is 3. The van der Waals surface area contributed by atoms with Gasteiger partial charge in [0, 0.05) is 44.8 Å². The van der Waals surface area contributed by atoms with Crippen molar-refractivity contribution in [1.29, 1.82) is 0 Å². The van der Waals surface area contributed by atoms with Crippen molar-refractivity contribution in [2.24, 2.45) is 0 Å². The smallest absolute Gasteiger partial charge is 0.147 e. The maximum Gasteiger partial charge on any atom is 0.147 e. The lowest BCUT2D eigenvalue weighted by molar-refractivity contribution is 0.732. The number of aromatic nitrogens is 4. The summed E-state index contributed by atoms with van der Waals surface area (Å²) in [7, 11) is 0. The SMILES string of the molecule is [2H]C([2H])(c1ccccc1)c1ccnc(C2(c3cccc(-c4cccc5c4nc(-c4cc(C([2H])([2H])c6ccccc6)cc6c4[nH]c4ccccc46)n5-c4ccccc4)c3)c3ccccc3-c3ccccc32)c1. The maximum absolute atomic E-state index is 9.62. The van der Waals surface area contributed by atoms with E-state index in [0.717, 1.165) is 88.7 Å². The molecule has 9 aromatic carbocycles. The van der Waals surface area contributed by atoms with E-state index in [-0.39, 0.29) is 0 Å². The first kappa shape index (κ1) is 34.8. The summed E-state index contributed by atoms with van der Waals surface area (Å²) in [6, 6.07) is 77.0. The molecule has 0 fully saturated rings. The summed E-state index contributed by atoms with van der Waals surface area (Å²) in [5.41, 5.74) is 14.5. The second kappa shape index (κ2) is 15.8. The number of H-pyrrole nitrogens is 1. The van der Waals surface area contributed by atoms with E-state index in [2.05, 4.69) is 125 Å². The van der Waals surface area contributed by atoms with E-state index in [1.54, 1.807) is 12.3 Å². The Morgan fingerprint density at radius 3 is 1.85 bits per heavy atom. The molecular formula is C63H44N4. The molecule has 0 bridgehead atoms. The van der Waals surface area contributed by atoms with Crippen LogP contribution in [0.1, 0.15) is 50.1 Å². The van der Waals surface area contributed by atoms with Crippen molar-refractivity contribution in [3.63, 3.8) is 0 Å². The Morgan fingerprint density at radius 1 is 0.478 bits per heavy atom. The van der Waals surface area contributed by atoms with Crippen LogP contribution in [0.15, 0.2) is 237 Å². The van der Waals surface area contributed by atoms with E-state index in [4.69, 9.17) is 9.97 Å². The molecule has 0 radical (unpaired) electrons. The fourth-order valence-corrected chi connectivity index (χ4v) is 10.5. The average molecular weight is 861 g/mol. The van der Waals surface area contributed by atoms with E-state index in [0.29, 0.717) is 28.1 Å². The molecule has 0 amide bonds. The predicted molar refractivity (Wildman–Crippen MR) is 275 cm³/mol. The van der Waals surface area contributed by atoms with Gasteiger partial charge in [-0.3, -0.25) is 9.55 Å². The molecule has 1 aliphatic rings. The van der Waals surface area contributed by atoms with Crippen molar-refractivity contribution < 1.29 is 5.48 Å². The van der Waals surface area contributed by atoms with Crippen LogP contribution in [-0.2, 0) is 18.2 Å². The summed E-state index contributed by atoms with van der Waals surface area (Å²) >= 11 is 0. The summed E-state index contributed by atoms with van der Waals surface area (Å²) in [6.45, 7) is 0. The van der Waals surface area contributed by atoms with Gasteiger partial charge in [-0.15, -0.1) is 0 Å². The summed E-state index contributed by atoms with van der Waals surface area (Å²) < 4.78 is 40.4. The lowest BCUT2D eigenvalue weighted by Gasteiger charge is -2.33. The van der Waals surface area contributed by atoms with Crippen LogP contribution in [0.5, 0.6) is 0 Å². The highest BCUT2D eigenvalue weighted by Gasteiger charge is 2.47. The van der Waals surface area contributed by atoms with E-state index < -0.39 is 18.2 Å². The van der Waals surface area contributed by atoms with Gasteiger partial charge in [0.05, 0.1) is 27.7 Å². The highest BCUT2D eigenvalue weighted by atomic mass is 15.1. The van der Waals surface area contributed by atoms with Crippen LogP contribution in [0.4, 0.5) is 0 Å². The molecule has 3 aromatic heterocycles. The van der Waals surface area contributed by atoms with Crippen LogP contribution >= 0.6 is 0 Å². The predicted octanol–water partition coefficient (Wildman–Crippen LogP) is 14.9. The van der Waals surface area contributed by atoms with Crippen LogP contribution in [-0.4, -0.2) is 19.5 Å². The van der Waals surface area contributed by atoms with Gasteiger partial charge in [0.2, 0.25) is 0 Å². The first-order valence-electron chi connectivity index (χ1n) is 24.7. The number of para-hydroxylation sites is 3. The fourth-order valence-electron chi connectivity index (χ4n) is 10.5. The lowest BCUT2D eigenvalue weighted by Crippen LogP contribution is -2.30. The monoisotopic (exact) mass is 860 g/mol. The van der Waals surface area contributed by atoms with Gasteiger partial charge in [-0.25, -0.2) is 4.98 Å². The summed E-state index contributed by atoms with van der Waals surface area (Å²) in [5.74, 6) is 0.681. The molecule has 0 saturated heterocycles. The third-order valence-corrected chi connectivity index (χ3v) is 13.4. The first-order chi connectivity index (χ1) is 34.7. The minimum Gasteiger partial charge on any atom is -0.354 e. The number of hydrogen-bond donors (Lipinski definition) is 1. The van der Waals surface area contributed by atoms with Crippen LogP contribution in [0, 0.1) is 0 Å². The van der Waals surface area contributed by atoms with E-state index >= 15 is 0 Å². The molecule has 0 aliphatic heterocycles. The van der Waals surface area contributed by atoms with Crippen LogP contribution in [0.25, 0.3) is 72.2 Å². The Kier molecular flexibility index (Phi) is 8.21. The fraction of sp³-hybridized carbons (Fsp3) is 0.0476. The Labute approximate surface area is 395 Å². The minimum absolute atomic E-state index is 0.528. The van der Waals surface area contributed by atoms with Gasteiger partial charge >= 0.3 is 0 Å². The summed E-state index contributed by atoms with van der Waals surface area (Å²) in [6.07, 6.45) is -1.85. The second-order valence-corrected chi connectivity index (χ2v) is 17.2. The van der Waals surface area contributed by atoms with Gasteiger partial charge in [-0.2, -0.15) is 0 Å². The van der Waals surface area contributed by atoms with E-state index in [1.807, 2.05) is 109 Å². The van der Waals surface area contributed by atoms with Gasteiger partial charge in [0.15, 0.2) is 0 Å². The van der Waals surface area contributed by atoms with Gasteiger partial charge in [0.25, 0.3) is 0 Å². The largest absolute Gasteiger partial charge is 0.354 e. The molecule has 0 atom stereocenters. The number of aromatic amines is 1. The normalized spacial score (nSPS) is 14.0. The standard InChI is InChI=1S/C63H44N4/c1-4-18-42(19-5-1)36-44-34-35-64-59(40-44)63(55-30-13-10-26-50(55)51-27-11-14-31-56(51)63)47-23-16-22-46(41-47)49-29-17-33-58-61(49)66-62(67(58)48-24-8-3-9-25-48)54-39-45(37-43-20-6-2-7-21-43)38-53-52-28-12-15-32-57(52)65-60(53)54/h1-35,38-41,65H,36-37H2/i36D2,37D2. The summed E-state index contributed by atoms with van der Waals surface area (Å²) in [5, 5.41) is 1.93. The molecule has 316 valence electrons. The lowest BCUT2D eigenvalue weighted by atomic mass is 9.69. The maximum atomic E-state index is 9.62. The molecule has 1 N–H and O–H groups in total. The Hall–Kier alpha value is -8.60. The number of imidazole rings is 1. The molecular weight excluding hydrogens is 813 g/mol. The highest BCUT2D eigenvalue weighted by molar-refractivity contribution is 6.12. The Balaban J connectivity index is 1.06. The second-order valence-electron chi connectivity index (χ2n) is 17.2. The average Bonchev–Trinajstić information content (AvgIpc) is 4.10. The molecule has 0 spiro atoms. The van der Waals surface area contributed by atoms with Gasteiger partial charge in [0.1, 0.15) is 5.82 Å². The van der Waals surface area contributed by atoms with Crippen LogP contribution < -0.4 is 0 Å². The van der Waals surface area contributed by atoms with Crippen molar-refractivity contribution in [1.82, 2.24) is 19.5 Å². The number of benzene rings is 9. The number of fused-ring (bicyclic) bond motifs is 7. The molecule has 4 nitrogen and oxygen atoms in total. The Bertz CT molecular complexity index is 3970. The zero-order valence-electron chi connectivity index (χ0n) is 40.4. The number of pyridine rings is 1. The van der Waals surface area contributed by atoms with Gasteiger partial charge in [-0.1, -0.05) is 176 Å². The third-order valence-electron chi connectivity index (χ3n) is 13.4. The van der Waals surface area contributed by atoms with Crippen molar-refractivity contribution in [3.8, 4) is 39.3 Å². The van der Waals surface area contributed by atoms with E-state index in [1.165, 1.54) is 0 Å². The van der Waals surface area contributed by atoms with Gasteiger partial charge < -0.3 is 4.98 Å². The van der Waals surface area contributed by atoms with Crippen molar-refractivity contribution in [2.45, 2.75) is 18.2 Å². The Morgan fingerprint density at radius 2 is 1.10 bits per heavy atom. The zero-order chi connectivity index (χ0) is 47.9. The van der Waals surface area contributed by atoms with Crippen LogP contribution in [0.3, 0.4) is 0 Å². The van der Waals surface area contributed by atoms with E-state index in [9.17, 15) is 5.48 Å². The molecule has 67 heavy (non-hydrogen) atoms. The molecule has 3 heterocycles. The third kappa shape index (κ3) is 6.36. The van der Waals surface area contributed by atoms with Crippen molar-refractivity contribution >= 4 is 32.8 Å². The highest BCUT2D eigenvalue weighted by Crippen LogP contribution is 2.56. The number of hydrogen-bond acceptors (Lipinski definition) is 2. The zero-order valence-corrected chi connectivity index (χ0v) is 36.4. The van der Waals surface area contributed by atoms with Crippen molar-refractivity contribution in [2.75, 3.05) is 0 Å². The van der Waals surface area contributed by atoms with Crippen molar-refractivity contribution in [3.05, 3.63) is 281 Å². The topological polar surface area (TPSA) is 46.5 Å². The molecule has 0 unspecified atom stereocenters. The molecule has 0 saturated carbocycles. The minimum atomic E-state index is -1.82. The molecule has 12 aromatic rings.